The Morgan fingerprint density at radius 2 is 1.87 bits per heavy atom. The van der Waals surface area contributed by atoms with E-state index in [2.05, 4.69) is 5.32 Å². The fourth-order valence-electron chi connectivity index (χ4n) is 2.44. The second-order valence-corrected chi connectivity index (χ2v) is 5.17. The summed E-state index contributed by atoms with van der Waals surface area (Å²) in [5, 5.41) is 2.49. The van der Waals surface area contributed by atoms with Crippen LogP contribution >= 0.6 is 0 Å². The molecule has 2 aromatic rings. The minimum atomic E-state index is -0.909. The number of carbonyl (C=O) groups excluding carboxylic acids is 2. The number of hydrogen-bond acceptors (Lipinski definition) is 3. The van der Waals surface area contributed by atoms with Crippen molar-refractivity contribution in [3.05, 3.63) is 54.3 Å². The van der Waals surface area contributed by atoms with E-state index in [9.17, 15) is 14.0 Å². The van der Waals surface area contributed by atoms with Crippen LogP contribution in [-0.2, 0) is 9.59 Å². The lowest BCUT2D eigenvalue weighted by Gasteiger charge is -2.33. The van der Waals surface area contributed by atoms with Crippen LogP contribution in [0.2, 0.25) is 0 Å². The first kappa shape index (κ1) is 15.0. The lowest BCUT2D eigenvalue weighted by atomic mass is 10.1. The van der Waals surface area contributed by atoms with E-state index in [4.69, 9.17) is 4.74 Å². The summed E-state index contributed by atoms with van der Waals surface area (Å²) in [4.78, 5) is 25.7. The van der Waals surface area contributed by atoms with Gasteiger partial charge in [-0.1, -0.05) is 24.3 Å². The molecule has 2 aromatic carbocycles. The first-order chi connectivity index (χ1) is 11.1. The summed E-state index contributed by atoms with van der Waals surface area (Å²) >= 11 is 0. The summed E-state index contributed by atoms with van der Waals surface area (Å²) in [5.41, 5.74) is 0.698. The monoisotopic (exact) mass is 314 g/mol. The molecule has 23 heavy (non-hydrogen) atoms. The molecule has 1 heterocycles. The van der Waals surface area contributed by atoms with Gasteiger partial charge in [-0.3, -0.25) is 9.59 Å². The van der Waals surface area contributed by atoms with Crippen molar-refractivity contribution in [3.63, 3.8) is 0 Å². The highest BCUT2D eigenvalue weighted by Crippen LogP contribution is 2.33. The van der Waals surface area contributed by atoms with E-state index in [0.29, 0.717) is 11.4 Å². The Hall–Kier alpha value is -2.89. The van der Waals surface area contributed by atoms with Gasteiger partial charge in [-0.15, -0.1) is 0 Å². The quantitative estimate of drug-likeness (QED) is 0.927. The Kier molecular flexibility index (Phi) is 3.97. The predicted molar refractivity (Wildman–Crippen MR) is 83.9 cm³/mol. The number of fused-ring (bicyclic) bond motifs is 1. The first-order valence-corrected chi connectivity index (χ1v) is 7.15. The van der Waals surface area contributed by atoms with Crippen LogP contribution in [0.3, 0.4) is 0 Å². The zero-order valence-electron chi connectivity index (χ0n) is 12.5. The number of para-hydroxylation sites is 3. The molecule has 1 aliphatic heterocycles. The van der Waals surface area contributed by atoms with Crippen molar-refractivity contribution in [3.8, 4) is 5.75 Å². The Bertz CT molecular complexity index is 763. The summed E-state index contributed by atoms with van der Waals surface area (Å²) in [7, 11) is 0. The summed E-state index contributed by atoms with van der Waals surface area (Å²) in [6.07, 6.45) is -0.909. The van der Waals surface area contributed by atoms with E-state index in [1.165, 1.54) is 30.0 Å². The minimum absolute atomic E-state index is 0.0760. The maximum Gasteiger partial charge on any atom is 0.267 e. The molecule has 3 rings (SSSR count). The van der Waals surface area contributed by atoms with Crippen LogP contribution in [0, 0.1) is 5.82 Å². The molecule has 0 bridgehead atoms. The van der Waals surface area contributed by atoms with E-state index < -0.39 is 17.8 Å². The molecule has 1 aliphatic rings. The van der Waals surface area contributed by atoms with E-state index in [1.807, 2.05) is 0 Å². The first-order valence-electron chi connectivity index (χ1n) is 7.15. The van der Waals surface area contributed by atoms with Gasteiger partial charge in [-0.2, -0.15) is 0 Å². The van der Waals surface area contributed by atoms with Crippen molar-refractivity contribution in [1.29, 1.82) is 0 Å². The van der Waals surface area contributed by atoms with Crippen molar-refractivity contribution in [2.45, 2.75) is 13.0 Å². The van der Waals surface area contributed by atoms with E-state index in [1.54, 1.807) is 30.3 Å². The Morgan fingerprint density at radius 1 is 1.17 bits per heavy atom. The second-order valence-electron chi connectivity index (χ2n) is 5.17. The standard InChI is InChI=1S/C17H15FN2O3/c1-11(21)20-10-16(23-15-9-5-4-8-14(15)20)17(22)19-13-7-3-2-6-12(13)18/h2-9,16H,10H2,1H3,(H,19,22). The molecule has 0 aliphatic carbocycles. The number of nitrogens with one attached hydrogen (secondary N) is 1. The zero-order valence-corrected chi connectivity index (χ0v) is 12.5. The van der Waals surface area contributed by atoms with Crippen molar-refractivity contribution in [1.82, 2.24) is 0 Å². The summed E-state index contributed by atoms with van der Waals surface area (Å²) in [6, 6.07) is 12.9. The molecule has 0 spiro atoms. The number of rotatable bonds is 2. The summed E-state index contributed by atoms with van der Waals surface area (Å²) < 4.78 is 19.3. The van der Waals surface area contributed by atoms with Crippen LogP contribution in [0.5, 0.6) is 5.75 Å². The second kappa shape index (κ2) is 6.08. The topological polar surface area (TPSA) is 58.6 Å². The maximum atomic E-state index is 13.6. The average Bonchev–Trinajstić information content (AvgIpc) is 2.55. The van der Waals surface area contributed by atoms with Gasteiger partial charge in [-0.25, -0.2) is 4.39 Å². The Labute approximate surface area is 132 Å². The normalized spacial score (nSPS) is 16.3. The third kappa shape index (κ3) is 3.01. The van der Waals surface area contributed by atoms with E-state index >= 15 is 0 Å². The fourth-order valence-corrected chi connectivity index (χ4v) is 2.44. The molecule has 1 N–H and O–H groups in total. The van der Waals surface area contributed by atoms with Gasteiger partial charge in [0.05, 0.1) is 17.9 Å². The number of hydrogen-bond donors (Lipinski definition) is 1. The van der Waals surface area contributed by atoms with Crippen LogP contribution in [0.15, 0.2) is 48.5 Å². The van der Waals surface area contributed by atoms with E-state index in [0.717, 1.165) is 0 Å². The average molecular weight is 314 g/mol. The molecule has 0 saturated carbocycles. The van der Waals surface area contributed by atoms with Gasteiger partial charge in [0.15, 0.2) is 6.10 Å². The molecular formula is C17H15FN2O3. The molecule has 0 saturated heterocycles. The van der Waals surface area contributed by atoms with Crippen molar-refractivity contribution >= 4 is 23.2 Å². The Morgan fingerprint density at radius 3 is 2.61 bits per heavy atom. The fraction of sp³-hybridized carbons (Fsp3) is 0.176. The number of ether oxygens (including phenoxy) is 1. The van der Waals surface area contributed by atoms with Crippen LogP contribution in [0.4, 0.5) is 15.8 Å². The van der Waals surface area contributed by atoms with Gasteiger partial charge in [-0.05, 0) is 24.3 Å². The molecule has 6 heteroatoms. The van der Waals surface area contributed by atoms with Crippen molar-refractivity contribution in [2.75, 3.05) is 16.8 Å². The molecule has 0 aromatic heterocycles. The SMILES string of the molecule is CC(=O)N1CC(C(=O)Nc2ccccc2F)Oc2ccccc21. The number of carbonyl (C=O) groups is 2. The summed E-state index contributed by atoms with van der Waals surface area (Å²) in [6.45, 7) is 1.50. The Balaban J connectivity index is 1.83. The highest BCUT2D eigenvalue weighted by atomic mass is 19.1. The lowest BCUT2D eigenvalue weighted by molar-refractivity contribution is -0.123. The predicted octanol–water partition coefficient (Wildman–Crippen LogP) is 2.58. The third-order valence-electron chi connectivity index (χ3n) is 3.58. The van der Waals surface area contributed by atoms with Crippen LogP contribution in [0.1, 0.15) is 6.92 Å². The number of amides is 2. The third-order valence-corrected chi connectivity index (χ3v) is 3.58. The lowest BCUT2D eigenvalue weighted by Crippen LogP contribution is -2.48. The minimum Gasteiger partial charge on any atom is -0.476 e. The smallest absolute Gasteiger partial charge is 0.267 e. The van der Waals surface area contributed by atoms with Gasteiger partial charge in [0.1, 0.15) is 11.6 Å². The zero-order chi connectivity index (χ0) is 16.4. The van der Waals surface area contributed by atoms with Crippen LogP contribution in [0.25, 0.3) is 0 Å². The van der Waals surface area contributed by atoms with E-state index in [-0.39, 0.29) is 18.1 Å². The van der Waals surface area contributed by atoms with Crippen molar-refractivity contribution < 1.29 is 18.7 Å². The van der Waals surface area contributed by atoms with Gasteiger partial charge >= 0.3 is 0 Å². The van der Waals surface area contributed by atoms with Crippen LogP contribution in [-0.4, -0.2) is 24.5 Å². The summed E-state index contributed by atoms with van der Waals surface area (Å²) in [5.74, 6) is -0.775. The highest BCUT2D eigenvalue weighted by Gasteiger charge is 2.32. The molecule has 5 nitrogen and oxygen atoms in total. The molecule has 118 valence electrons. The number of nitrogens with zero attached hydrogens (tertiary/aromatic N) is 1. The molecule has 1 atom stereocenters. The van der Waals surface area contributed by atoms with Gasteiger partial charge < -0.3 is 15.0 Å². The largest absolute Gasteiger partial charge is 0.476 e. The maximum absolute atomic E-state index is 13.6. The van der Waals surface area contributed by atoms with Gasteiger partial charge in [0.2, 0.25) is 5.91 Å². The molecule has 0 radical (unpaired) electrons. The van der Waals surface area contributed by atoms with Gasteiger partial charge in [0.25, 0.3) is 5.91 Å². The van der Waals surface area contributed by atoms with Crippen LogP contribution < -0.4 is 15.0 Å². The number of benzene rings is 2. The number of anilines is 2. The number of halogens is 1. The van der Waals surface area contributed by atoms with Crippen molar-refractivity contribution in [2.24, 2.45) is 0 Å². The molecule has 0 fully saturated rings. The van der Waals surface area contributed by atoms with Gasteiger partial charge in [0, 0.05) is 6.92 Å². The molecular weight excluding hydrogens is 299 g/mol. The molecule has 2 amide bonds. The highest BCUT2D eigenvalue weighted by molar-refractivity contribution is 5.99. The molecule has 1 unspecified atom stereocenters.